The minimum atomic E-state index is -0.891. The molecule has 0 bridgehead atoms. The summed E-state index contributed by atoms with van der Waals surface area (Å²) in [6, 6.07) is 10.1. The molecule has 0 spiro atoms. The SMILES string of the molecule is CCNC(=NCCS(=O)C(C)(C)C)N(C)Cc1cc2ccccc2o1.I. The largest absolute Gasteiger partial charge is 0.459 e. The van der Waals surface area contributed by atoms with Crippen LogP contribution in [0.5, 0.6) is 0 Å². The third-order valence-corrected chi connectivity index (χ3v) is 5.71. The van der Waals surface area contributed by atoms with E-state index >= 15 is 0 Å². The average Bonchev–Trinajstić information content (AvgIpc) is 2.95. The number of nitrogens with one attached hydrogen (secondary N) is 1. The van der Waals surface area contributed by atoms with Crippen molar-refractivity contribution in [3.05, 3.63) is 36.1 Å². The van der Waals surface area contributed by atoms with Gasteiger partial charge < -0.3 is 14.6 Å². The molecule has 1 heterocycles. The molecule has 1 N–H and O–H groups in total. The number of rotatable bonds is 6. The number of halogens is 1. The van der Waals surface area contributed by atoms with Gasteiger partial charge in [0.1, 0.15) is 11.3 Å². The number of fused-ring (bicyclic) bond motifs is 1. The Labute approximate surface area is 176 Å². The summed E-state index contributed by atoms with van der Waals surface area (Å²) in [5.41, 5.74) is 0.897. The van der Waals surface area contributed by atoms with Crippen LogP contribution in [0.1, 0.15) is 33.5 Å². The molecule has 0 amide bonds. The average molecular weight is 491 g/mol. The maximum absolute atomic E-state index is 12.2. The second-order valence-electron chi connectivity index (χ2n) is 7.00. The van der Waals surface area contributed by atoms with E-state index in [-0.39, 0.29) is 28.7 Å². The molecule has 0 fully saturated rings. The third-order valence-electron chi connectivity index (χ3n) is 3.79. The summed E-state index contributed by atoms with van der Waals surface area (Å²) >= 11 is 0. The zero-order chi connectivity index (χ0) is 18.4. The number of guanidine groups is 1. The van der Waals surface area contributed by atoms with E-state index in [1.807, 2.05) is 63.9 Å². The molecule has 1 aromatic carbocycles. The molecule has 26 heavy (non-hydrogen) atoms. The molecule has 0 saturated carbocycles. The molecular formula is C19H30IN3O2S. The monoisotopic (exact) mass is 491 g/mol. The first-order chi connectivity index (χ1) is 11.8. The van der Waals surface area contributed by atoms with Crippen molar-refractivity contribution in [1.29, 1.82) is 0 Å². The fraction of sp³-hybridized carbons (Fsp3) is 0.526. The molecule has 146 valence electrons. The van der Waals surface area contributed by atoms with Gasteiger partial charge in [0, 0.05) is 40.3 Å². The van der Waals surface area contributed by atoms with Crippen LogP contribution in [0, 0.1) is 0 Å². The highest BCUT2D eigenvalue weighted by atomic mass is 127. The van der Waals surface area contributed by atoms with E-state index in [4.69, 9.17) is 4.42 Å². The van der Waals surface area contributed by atoms with Crippen LogP contribution < -0.4 is 5.32 Å². The summed E-state index contributed by atoms with van der Waals surface area (Å²) < 4.78 is 17.8. The van der Waals surface area contributed by atoms with Crippen LogP contribution in [0.2, 0.25) is 0 Å². The molecule has 0 aliphatic carbocycles. The first-order valence-corrected chi connectivity index (χ1v) is 9.98. The van der Waals surface area contributed by atoms with Gasteiger partial charge >= 0.3 is 0 Å². The van der Waals surface area contributed by atoms with E-state index in [0.717, 1.165) is 29.2 Å². The molecule has 1 atom stereocenters. The van der Waals surface area contributed by atoms with Gasteiger partial charge in [-0.3, -0.25) is 9.20 Å². The van der Waals surface area contributed by atoms with Gasteiger partial charge in [-0.15, -0.1) is 24.0 Å². The first kappa shape index (κ1) is 23.0. The number of para-hydroxylation sites is 1. The van der Waals surface area contributed by atoms with Gasteiger partial charge in [-0.25, -0.2) is 0 Å². The predicted octanol–water partition coefficient (Wildman–Crippen LogP) is 4.00. The highest BCUT2D eigenvalue weighted by molar-refractivity contribution is 14.0. The number of benzene rings is 1. The fourth-order valence-corrected chi connectivity index (χ4v) is 3.30. The van der Waals surface area contributed by atoms with Crippen molar-refractivity contribution < 1.29 is 8.63 Å². The summed E-state index contributed by atoms with van der Waals surface area (Å²) in [5.74, 6) is 2.26. The Morgan fingerprint density at radius 2 is 2.00 bits per heavy atom. The van der Waals surface area contributed by atoms with Crippen LogP contribution in [0.3, 0.4) is 0 Å². The first-order valence-electron chi connectivity index (χ1n) is 8.66. The topological polar surface area (TPSA) is 57.8 Å². The molecule has 0 saturated heterocycles. The Bertz CT molecular complexity index is 720. The van der Waals surface area contributed by atoms with Crippen molar-refractivity contribution in [3.8, 4) is 0 Å². The number of hydrogen-bond acceptors (Lipinski definition) is 3. The van der Waals surface area contributed by atoms with E-state index in [2.05, 4.69) is 16.4 Å². The molecule has 0 aliphatic rings. The molecule has 1 aromatic heterocycles. The Morgan fingerprint density at radius 3 is 2.62 bits per heavy atom. The summed E-state index contributed by atoms with van der Waals surface area (Å²) in [5, 5.41) is 4.39. The fourth-order valence-electron chi connectivity index (χ4n) is 2.43. The molecule has 2 rings (SSSR count). The van der Waals surface area contributed by atoms with Crippen LogP contribution >= 0.6 is 24.0 Å². The lowest BCUT2D eigenvalue weighted by Gasteiger charge is -2.21. The highest BCUT2D eigenvalue weighted by Gasteiger charge is 2.18. The van der Waals surface area contributed by atoms with E-state index in [1.165, 1.54) is 0 Å². The minimum absolute atomic E-state index is 0. The zero-order valence-electron chi connectivity index (χ0n) is 16.2. The van der Waals surface area contributed by atoms with Gasteiger partial charge in [-0.2, -0.15) is 0 Å². The highest BCUT2D eigenvalue weighted by Crippen LogP contribution is 2.19. The van der Waals surface area contributed by atoms with Crippen LogP contribution in [-0.4, -0.2) is 45.7 Å². The number of nitrogens with zero attached hydrogens (tertiary/aromatic N) is 2. The second kappa shape index (κ2) is 10.3. The molecule has 7 heteroatoms. The summed E-state index contributed by atoms with van der Waals surface area (Å²) in [6.45, 7) is 9.96. The summed E-state index contributed by atoms with van der Waals surface area (Å²) in [7, 11) is 1.09. The predicted molar refractivity (Wildman–Crippen MR) is 122 cm³/mol. The van der Waals surface area contributed by atoms with Gasteiger partial charge in [0.25, 0.3) is 0 Å². The van der Waals surface area contributed by atoms with E-state index in [1.54, 1.807) is 0 Å². The molecular weight excluding hydrogens is 461 g/mol. The zero-order valence-corrected chi connectivity index (χ0v) is 19.4. The van der Waals surface area contributed by atoms with Crippen molar-refractivity contribution >= 4 is 51.7 Å². The standard InChI is InChI=1S/C19H29N3O2S.HI/c1-6-20-18(21-11-12-25(23)19(2,3)4)22(5)14-16-13-15-9-7-8-10-17(15)24-16;/h7-10,13H,6,11-12,14H2,1-5H3,(H,20,21);1H. The van der Waals surface area contributed by atoms with Gasteiger partial charge in [0.05, 0.1) is 13.1 Å². The van der Waals surface area contributed by atoms with E-state index < -0.39 is 10.8 Å². The number of furan rings is 1. The third kappa shape index (κ3) is 6.57. The lowest BCUT2D eigenvalue weighted by atomic mass is 10.2. The van der Waals surface area contributed by atoms with Crippen molar-refractivity contribution in [2.45, 2.75) is 39.0 Å². The van der Waals surface area contributed by atoms with Crippen LogP contribution in [0.25, 0.3) is 11.0 Å². The van der Waals surface area contributed by atoms with Gasteiger partial charge in [0.2, 0.25) is 0 Å². The Kier molecular flexibility index (Phi) is 9.09. The van der Waals surface area contributed by atoms with E-state index in [9.17, 15) is 4.21 Å². The maximum atomic E-state index is 12.2. The number of hydrogen-bond donors (Lipinski definition) is 1. The normalized spacial score (nSPS) is 13.3. The second-order valence-corrected chi connectivity index (χ2v) is 9.33. The van der Waals surface area contributed by atoms with Gasteiger partial charge in [-0.1, -0.05) is 18.2 Å². The molecule has 1 unspecified atom stereocenters. The van der Waals surface area contributed by atoms with Gasteiger partial charge in [-0.05, 0) is 39.8 Å². The van der Waals surface area contributed by atoms with Crippen molar-refractivity contribution in [2.24, 2.45) is 4.99 Å². The lowest BCUT2D eigenvalue weighted by molar-refractivity contribution is 0.413. The smallest absolute Gasteiger partial charge is 0.194 e. The van der Waals surface area contributed by atoms with Crippen molar-refractivity contribution in [1.82, 2.24) is 10.2 Å². The van der Waals surface area contributed by atoms with Crippen LogP contribution in [0.4, 0.5) is 0 Å². The van der Waals surface area contributed by atoms with Crippen molar-refractivity contribution in [2.75, 3.05) is 25.9 Å². The molecule has 5 nitrogen and oxygen atoms in total. The maximum Gasteiger partial charge on any atom is 0.194 e. The Hall–Kier alpha value is -1.09. The molecule has 2 aromatic rings. The minimum Gasteiger partial charge on any atom is -0.459 e. The lowest BCUT2D eigenvalue weighted by Crippen LogP contribution is -2.38. The molecule has 0 aliphatic heterocycles. The van der Waals surface area contributed by atoms with Crippen LogP contribution in [-0.2, 0) is 17.3 Å². The van der Waals surface area contributed by atoms with Crippen molar-refractivity contribution in [3.63, 3.8) is 0 Å². The Morgan fingerprint density at radius 1 is 1.31 bits per heavy atom. The molecule has 0 radical (unpaired) electrons. The number of aliphatic imine (C=N–C) groups is 1. The Balaban J connectivity index is 0.00000338. The summed E-state index contributed by atoms with van der Waals surface area (Å²) in [6.07, 6.45) is 0. The quantitative estimate of drug-likeness (QED) is 0.377. The van der Waals surface area contributed by atoms with E-state index in [0.29, 0.717) is 18.8 Å². The van der Waals surface area contributed by atoms with Gasteiger partial charge in [0.15, 0.2) is 5.96 Å². The summed E-state index contributed by atoms with van der Waals surface area (Å²) in [4.78, 5) is 6.64. The van der Waals surface area contributed by atoms with Crippen LogP contribution in [0.15, 0.2) is 39.7 Å².